The van der Waals surface area contributed by atoms with Crippen molar-refractivity contribution in [3.05, 3.63) is 54.5 Å². The molecule has 0 radical (unpaired) electrons. The smallest absolute Gasteiger partial charge is 0.232 e. The van der Waals surface area contributed by atoms with E-state index in [2.05, 4.69) is 35.4 Å². The molecule has 0 unspecified atom stereocenters. The van der Waals surface area contributed by atoms with Crippen molar-refractivity contribution in [3.8, 4) is 11.3 Å². The van der Waals surface area contributed by atoms with Gasteiger partial charge in [-0.15, -0.1) is 5.10 Å². The second-order valence-corrected chi connectivity index (χ2v) is 8.48. The van der Waals surface area contributed by atoms with Crippen LogP contribution in [0.25, 0.3) is 22.2 Å². The molecule has 2 aromatic carbocycles. The third kappa shape index (κ3) is 4.28. The van der Waals surface area contributed by atoms with Gasteiger partial charge in [0, 0.05) is 17.1 Å². The van der Waals surface area contributed by atoms with Crippen LogP contribution in [0, 0.1) is 11.6 Å². The van der Waals surface area contributed by atoms with Gasteiger partial charge < -0.3 is 5.32 Å². The zero-order chi connectivity index (χ0) is 22.0. The average Bonchev–Trinajstić information content (AvgIpc) is 3.28. The highest BCUT2D eigenvalue weighted by Gasteiger charge is 2.19. The molecule has 12 heteroatoms. The maximum Gasteiger partial charge on any atom is 0.232 e. The van der Waals surface area contributed by atoms with Crippen molar-refractivity contribution in [1.29, 1.82) is 0 Å². The van der Waals surface area contributed by atoms with E-state index in [9.17, 15) is 17.2 Å². The van der Waals surface area contributed by atoms with Crippen LogP contribution in [0.4, 0.5) is 26.0 Å². The molecule has 0 saturated carbocycles. The molecule has 4 aromatic rings. The highest BCUT2D eigenvalue weighted by Crippen LogP contribution is 2.32. The maximum atomic E-state index is 15.0. The molecule has 31 heavy (non-hydrogen) atoms. The van der Waals surface area contributed by atoms with E-state index in [1.807, 2.05) is 0 Å². The molecule has 2 heterocycles. The van der Waals surface area contributed by atoms with Gasteiger partial charge >= 0.3 is 0 Å². The summed E-state index contributed by atoms with van der Waals surface area (Å²) in [5.41, 5.74) is 0.899. The number of rotatable bonds is 7. The van der Waals surface area contributed by atoms with Crippen LogP contribution < -0.4 is 10.0 Å². The van der Waals surface area contributed by atoms with E-state index in [0.29, 0.717) is 28.6 Å². The third-order valence-electron chi connectivity index (χ3n) is 4.42. The lowest BCUT2D eigenvalue weighted by atomic mass is 10.1. The Morgan fingerprint density at radius 1 is 1.13 bits per heavy atom. The zero-order valence-electron chi connectivity index (χ0n) is 16.2. The van der Waals surface area contributed by atoms with Gasteiger partial charge in [-0.1, -0.05) is 18.2 Å². The lowest BCUT2D eigenvalue weighted by molar-refractivity contribution is 0.588. The van der Waals surface area contributed by atoms with E-state index in [-0.39, 0.29) is 17.3 Å². The average molecular weight is 445 g/mol. The molecule has 0 bridgehead atoms. The van der Waals surface area contributed by atoms with Crippen molar-refractivity contribution in [3.63, 3.8) is 0 Å². The second-order valence-electron chi connectivity index (χ2n) is 6.64. The summed E-state index contributed by atoms with van der Waals surface area (Å²) in [7, 11) is -3.76. The minimum Gasteiger partial charge on any atom is -0.335 e. The van der Waals surface area contributed by atoms with Gasteiger partial charge in [0.15, 0.2) is 5.82 Å². The monoisotopic (exact) mass is 445 g/mol. The summed E-state index contributed by atoms with van der Waals surface area (Å²) in [6.45, 7) is 1.68. The number of hydrogen-bond donors (Lipinski definition) is 3. The van der Waals surface area contributed by atoms with Crippen molar-refractivity contribution >= 4 is 38.1 Å². The number of nitrogens with one attached hydrogen (secondary N) is 3. The fourth-order valence-electron chi connectivity index (χ4n) is 3.01. The highest BCUT2D eigenvalue weighted by molar-refractivity contribution is 7.92. The number of aromatic amines is 1. The Bertz CT molecular complexity index is 1350. The molecule has 0 aliphatic heterocycles. The normalized spacial score (nSPS) is 11.6. The first-order chi connectivity index (χ1) is 14.9. The SMILES string of the molecule is CCCS(=O)(=O)Nc1ccc(F)c(Nc2ncnc3ccc(-c4c[nH]nn4)cc23)c1F. The molecule has 2 aromatic heterocycles. The summed E-state index contributed by atoms with van der Waals surface area (Å²) in [4.78, 5) is 8.27. The molecule has 9 nitrogen and oxygen atoms in total. The third-order valence-corrected chi connectivity index (χ3v) is 5.90. The van der Waals surface area contributed by atoms with Gasteiger partial charge in [0.05, 0.1) is 17.0 Å². The number of H-pyrrole nitrogens is 1. The van der Waals surface area contributed by atoms with Gasteiger partial charge in [0.25, 0.3) is 0 Å². The van der Waals surface area contributed by atoms with E-state index in [1.165, 1.54) is 6.33 Å². The Labute approximate surface area is 176 Å². The van der Waals surface area contributed by atoms with Gasteiger partial charge in [-0.25, -0.2) is 27.2 Å². The molecular weight excluding hydrogens is 428 g/mol. The molecule has 0 fully saturated rings. The molecule has 0 aliphatic carbocycles. The molecule has 3 N–H and O–H groups in total. The van der Waals surface area contributed by atoms with Gasteiger partial charge in [-0.3, -0.25) is 9.82 Å². The van der Waals surface area contributed by atoms with Crippen molar-refractivity contribution < 1.29 is 17.2 Å². The molecule has 0 amide bonds. The lowest BCUT2D eigenvalue weighted by Gasteiger charge is -2.14. The van der Waals surface area contributed by atoms with Crippen LogP contribution in [0.15, 0.2) is 42.9 Å². The zero-order valence-corrected chi connectivity index (χ0v) is 17.0. The number of nitrogens with zero attached hydrogens (tertiary/aromatic N) is 4. The molecule has 0 spiro atoms. The summed E-state index contributed by atoms with van der Waals surface area (Å²) in [5.74, 6) is -2.04. The van der Waals surface area contributed by atoms with E-state index in [4.69, 9.17) is 0 Å². The highest BCUT2D eigenvalue weighted by atomic mass is 32.2. The van der Waals surface area contributed by atoms with Crippen molar-refractivity contribution in [2.24, 2.45) is 0 Å². The first-order valence-corrected chi connectivity index (χ1v) is 10.9. The number of halogens is 2. The predicted molar refractivity (Wildman–Crippen MR) is 112 cm³/mol. The Morgan fingerprint density at radius 3 is 2.71 bits per heavy atom. The summed E-state index contributed by atoms with van der Waals surface area (Å²) < 4.78 is 55.6. The first-order valence-electron chi connectivity index (χ1n) is 9.25. The quantitative estimate of drug-likeness (QED) is 0.397. The molecule has 0 saturated heterocycles. The Balaban J connectivity index is 1.75. The van der Waals surface area contributed by atoms with Crippen molar-refractivity contribution in [2.45, 2.75) is 13.3 Å². The summed E-state index contributed by atoms with van der Waals surface area (Å²) in [6, 6.07) is 7.21. The minimum absolute atomic E-state index is 0.140. The van der Waals surface area contributed by atoms with Crippen LogP contribution in [0.3, 0.4) is 0 Å². The van der Waals surface area contributed by atoms with E-state index in [1.54, 1.807) is 31.3 Å². The van der Waals surface area contributed by atoms with Crippen LogP contribution in [0.1, 0.15) is 13.3 Å². The van der Waals surface area contributed by atoms with Gasteiger partial charge in [-0.2, -0.15) is 0 Å². The van der Waals surface area contributed by atoms with E-state index in [0.717, 1.165) is 12.1 Å². The lowest BCUT2D eigenvalue weighted by Crippen LogP contribution is -2.17. The fraction of sp³-hybridized carbons (Fsp3) is 0.158. The van der Waals surface area contributed by atoms with Crippen LogP contribution >= 0.6 is 0 Å². The first kappa shape index (κ1) is 20.6. The van der Waals surface area contributed by atoms with E-state index < -0.39 is 27.3 Å². The number of benzene rings is 2. The van der Waals surface area contributed by atoms with Crippen molar-refractivity contribution in [1.82, 2.24) is 25.4 Å². The maximum absolute atomic E-state index is 15.0. The largest absolute Gasteiger partial charge is 0.335 e. The predicted octanol–water partition coefficient (Wildman–Crippen LogP) is 3.59. The van der Waals surface area contributed by atoms with Gasteiger partial charge in [0.2, 0.25) is 10.0 Å². The number of sulfonamides is 1. The van der Waals surface area contributed by atoms with Crippen LogP contribution in [0.2, 0.25) is 0 Å². The number of fused-ring (bicyclic) bond motifs is 1. The second kappa shape index (κ2) is 8.22. The fourth-order valence-corrected chi connectivity index (χ4v) is 4.14. The molecule has 4 rings (SSSR count). The van der Waals surface area contributed by atoms with E-state index >= 15 is 0 Å². The molecule has 0 aliphatic rings. The number of anilines is 3. The summed E-state index contributed by atoms with van der Waals surface area (Å²) >= 11 is 0. The Hall–Kier alpha value is -3.67. The Kier molecular flexibility index (Phi) is 5.46. The molecule has 160 valence electrons. The van der Waals surface area contributed by atoms with Crippen LogP contribution in [0.5, 0.6) is 0 Å². The summed E-state index contributed by atoms with van der Waals surface area (Å²) in [6.07, 6.45) is 3.21. The number of aromatic nitrogens is 5. The van der Waals surface area contributed by atoms with Crippen molar-refractivity contribution in [2.75, 3.05) is 15.8 Å². The summed E-state index contributed by atoms with van der Waals surface area (Å²) in [5, 5.41) is 13.3. The minimum atomic E-state index is -3.76. The number of hydrogen-bond acceptors (Lipinski definition) is 7. The van der Waals surface area contributed by atoms with Crippen LogP contribution in [-0.2, 0) is 10.0 Å². The van der Waals surface area contributed by atoms with Crippen LogP contribution in [-0.4, -0.2) is 39.5 Å². The van der Waals surface area contributed by atoms with Gasteiger partial charge in [0.1, 0.15) is 29.3 Å². The molecule has 0 atom stereocenters. The van der Waals surface area contributed by atoms with Gasteiger partial charge in [-0.05, 0) is 30.7 Å². The topological polar surface area (TPSA) is 126 Å². The standard InChI is InChI=1S/C19H17F2N7O2S/c1-2-7-31(29,30)27-15-6-4-13(20)18(17(15)21)25-19-12-8-11(16-9-24-28-26-16)3-5-14(12)22-10-23-19/h3-6,8-10,27H,2,7H2,1H3,(H,22,23,25)(H,24,26,28). The molecular formula is C19H17F2N7O2S. The Morgan fingerprint density at radius 2 is 1.97 bits per heavy atom.